The second kappa shape index (κ2) is 8.85. The molecule has 2 aromatic rings. The summed E-state index contributed by atoms with van der Waals surface area (Å²) in [7, 11) is 1.62. The predicted octanol–water partition coefficient (Wildman–Crippen LogP) is 3.89. The van der Waals surface area contributed by atoms with Gasteiger partial charge in [-0.1, -0.05) is 30.0 Å². The molecule has 0 radical (unpaired) electrons. The number of rotatable bonds is 4. The maximum Gasteiger partial charge on any atom is 0.260 e. The molecule has 0 aromatic heterocycles. The molecule has 2 aromatic carbocycles. The Morgan fingerprint density at radius 2 is 1.91 bits per heavy atom. The molecule has 0 atom stereocenters. The number of carbonyl (C=O) groups excluding carboxylic acids is 2. The lowest BCUT2D eigenvalue weighted by Gasteiger charge is -2.35. The Morgan fingerprint density at radius 1 is 1.15 bits per heavy atom. The minimum absolute atomic E-state index is 0.131. The number of amides is 2. The third-order valence-electron chi connectivity index (χ3n) is 6.17. The highest BCUT2D eigenvalue weighted by atomic mass is 32.2. The van der Waals surface area contributed by atoms with E-state index >= 15 is 0 Å². The molecule has 2 N–H and O–H groups in total. The van der Waals surface area contributed by atoms with Gasteiger partial charge in [-0.05, 0) is 38.1 Å². The molecule has 8 heteroatoms. The Morgan fingerprint density at radius 3 is 2.68 bits per heavy atom. The summed E-state index contributed by atoms with van der Waals surface area (Å²) in [6.45, 7) is 7.04. The second-order valence-corrected chi connectivity index (χ2v) is 9.93. The van der Waals surface area contributed by atoms with Crippen LogP contribution in [0.15, 0.2) is 69.8 Å². The molecule has 1 fully saturated rings. The van der Waals surface area contributed by atoms with E-state index in [1.807, 2.05) is 56.3 Å². The smallest absolute Gasteiger partial charge is 0.260 e. The molecule has 0 bridgehead atoms. The molecule has 3 aliphatic rings. The van der Waals surface area contributed by atoms with Gasteiger partial charge in [-0.15, -0.1) is 0 Å². The van der Waals surface area contributed by atoms with Crippen molar-refractivity contribution in [2.24, 2.45) is 0 Å². The van der Waals surface area contributed by atoms with Crippen LogP contribution in [0.4, 0.5) is 5.69 Å². The number of benzene rings is 2. The fraction of sp³-hybridized carbons (Fsp3) is 0.308. The summed E-state index contributed by atoms with van der Waals surface area (Å²) in [4.78, 5) is 29.3. The zero-order valence-corrected chi connectivity index (χ0v) is 20.3. The van der Waals surface area contributed by atoms with Gasteiger partial charge in [-0.2, -0.15) is 0 Å². The van der Waals surface area contributed by atoms with Crippen molar-refractivity contribution >= 4 is 34.8 Å². The van der Waals surface area contributed by atoms with Crippen LogP contribution in [0.5, 0.6) is 0 Å². The Labute approximate surface area is 203 Å². The van der Waals surface area contributed by atoms with Crippen molar-refractivity contribution in [2.75, 3.05) is 38.7 Å². The van der Waals surface area contributed by atoms with E-state index in [2.05, 4.69) is 15.5 Å². The van der Waals surface area contributed by atoms with Crippen molar-refractivity contribution in [1.29, 1.82) is 0 Å². The van der Waals surface area contributed by atoms with Crippen molar-refractivity contribution < 1.29 is 19.1 Å². The average Bonchev–Trinajstić information content (AvgIpc) is 3.33. The molecule has 7 nitrogen and oxygen atoms in total. The van der Waals surface area contributed by atoms with Gasteiger partial charge in [-0.25, -0.2) is 0 Å². The highest BCUT2D eigenvalue weighted by molar-refractivity contribution is 7.99. The molecule has 0 spiro atoms. The first-order valence-corrected chi connectivity index (χ1v) is 12.1. The summed E-state index contributed by atoms with van der Waals surface area (Å²) in [5.74, 6) is 0.287. The fourth-order valence-electron chi connectivity index (χ4n) is 4.52. The van der Waals surface area contributed by atoms with Crippen molar-refractivity contribution in [3.63, 3.8) is 0 Å². The molecule has 3 aliphatic heterocycles. The first kappa shape index (κ1) is 22.6. The summed E-state index contributed by atoms with van der Waals surface area (Å²) < 4.78 is 11.8. The zero-order valence-electron chi connectivity index (χ0n) is 19.4. The highest BCUT2D eigenvalue weighted by Gasteiger charge is 2.40. The number of carbonyl (C=O) groups is 2. The van der Waals surface area contributed by atoms with Crippen molar-refractivity contribution in [1.82, 2.24) is 10.2 Å². The quantitative estimate of drug-likeness (QED) is 0.651. The van der Waals surface area contributed by atoms with Crippen LogP contribution < -0.4 is 10.6 Å². The van der Waals surface area contributed by atoms with Crippen molar-refractivity contribution in [3.05, 3.63) is 71.1 Å². The van der Waals surface area contributed by atoms with Gasteiger partial charge < -0.3 is 25.0 Å². The molecule has 3 heterocycles. The predicted molar refractivity (Wildman–Crippen MR) is 132 cm³/mol. The lowest BCUT2D eigenvalue weighted by Crippen LogP contribution is -2.41. The standard InChI is InChI=1S/C26H27N3O4S/c1-26(2)22(29-10-12-32-13-11-29)15-20(33-26)23-17-9-8-16(14-19(17)28-25(23)31)34-21-7-5-4-6-18(21)24(30)27-3/h4-9,14-15H,10-13H2,1-3H3,(H,27,30)(H,28,31). The lowest BCUT2D eigenvalue weighted by atomic mass is 10.0. The van der Waals surface area contributed by atoms with Crippen molar-refractivity contribution in [3.8, 4) is 0 Å². The van der Waals surface area contributed by atoms with E-state index in [4.69, 9.17) is 9.47 Å². The number of anilines is 1. The van der Waals surface area contributed by atoms with Crippen LogP contribution in [0, 0.1) is 0 Å². The normalized spacial score (nSPS) is 21.0. The number of ether oxygens (including phenoxy) is 2. The number of fused-ring (bicyclic) bond motifs is 1. The third kappa shape index (κ3) is 4.08. The van der Waals surface area contributed by atoms with Crippen LogP contribution in [0.1, 0.15) is 29.8 Å². The van der Waals surface area contributed by atoms with Gasteiger partial charge in [-0.3, -0.25) is 9.59 Å². The van der Waals surface area contributed by atoms with Crippen LogP contribution in [0.25, 0.3) is 5.57 Å². The molecular formula is C26H27N3O4S. The Kier molecular flexibility index (Phi) is 5.87. The van der Waals surface area contributed by atoms with E-state index in [1.165, 1.54) is 11.8 Å². The van der Waals surface area contributed by atoms with E-state index in [0.29, 0.717) is 30.1 Å². The van der Waals surface area contributed by atoms with Gasteiger partial charge in [0, 0.05) is 41.6 Å². The number of morpholine rings is 1. The Hall–Kier alpha value is -3.23. The topological polar surface area (TPSA) is 79.9 Å². The van der Waals surface area contributed by atoms with Gasteiger partial charge in [0.25, 0.3) is 11.8 Å². The molecule has 0 unspecified atom stereocenters. The van der Waals surface area contributed by atoms with Gasteiger partial charge >= 0.3 is 0 Å². The third-order valence-corrected chi connectivity index (χ3v) is 7.24. The lowest BCUT2D eigenvalue weighted by molar-refractivity contribution is -0.111. The summed E-state index contributed by atoms with van der Waals surface area (Å²) in [5.41, 5.74) is 3.27. The van der Waals surface area contributed by atoms with Crippen molar-refractivity contribution in [2.45, 2.75) is 29.2 Å². The van der Waals surface area contributed by atoms with E-state index in [9.17, 15) is 9.59 Å². The molecule has 0 aliphatic carbocycles. The molecule has 1 saturated heterocycles. The van der Waals surface area contributed by atoms with Crippen LogP contribution in [0.3, 0.4) is 0 Å². The van der Waals surface area contributed by atoms with Gasteiger partial charge in [0.15, 0.2) is 0 Å². The van der Waals surface area contributed by atoms with Crippen LogP contribution in [-0.4, -0.2) is 55.7 Å². The molecule has 0 saturated carbocycles. The summed E-state index contributed by atoms with van der Waals surface area (Å²) in [6, 6.07) is 13.3. The largest absolute Gasteiger partial charge is 0.481 e. The minimum atomic E-state index is -0.526. The van der Waals surface area contributed by atoms with E-state index in [-0.39, 0.29) is 11.8 Å². The summed E-state index contributed by atoms with van der Waals surface area (Å²) in [6.07, 6.45) is 2.00. The number of hydrogen-bond acceptors (Lipinski definition) is 6. The minimum Gasteiger partial charge on any atom is -0.481 e. The van der Waals surface area contributed by atoms with Gasteiger partial charge in [0.2, 0.25) is 0 Å². The highest BCUT2D eigenvalue weighted by Crippen LogP contribution is 2.43. The molecule has 176 valence electrons. The monoisotopic (exact) mass is 477 g/mol. The number of hydrogen-bond donors (Lipinski definition) is 2. The van der Waals surface area contributed by atoms with E-state index in [0.717, 1.165) is 39.8 Å². The number of nitrogens with one attached hydrogen (secondary N) is 2. The number of allylic oxidation sites excluding steroid dienone is 1. The maximum absolute atomic E-state index is 13.0. The summed E-state index contributed by atoms with van der Waals surface area (Å²) in [5, 5.41) is 5.67. The first-order chi connectivity index (χ1) is 16.4. The molecule has 34 heavy (non-hydrogen) atoms. The van der Waals surface area contributed by atoms with Crippen LogP contribution in [0.2, 0.25) is 0 Å². The number of nitrogens with zero attached hydrogens (tertiary/aromatic N) is 1. The molecule has 5 rings (SSSR count). The maximum atomic E-state index is 13.0. The molecule has 2 amide bonds. The van der Waals surface area contributed by atoms with Gasteiger partial charge in [0.05, 0.1) is 35.7 Å². The average molecular weight is 478 g/mol. The fourth-order valence-corrected chi connectivity index (χ4v) is 5.50. The Bertz CT molecular complexity index is 1230. The van der Waals surface area contributed by atoms with Crippen LogP contribution in [-0.2, 0) is 14.3 Å². The van der Waals surface area contributed by atoms with Gasteiger partial charge in [0.1, 0.15) is 11.4 Å². The van der Waals surface area contributed by atoms with Crippen LogP contribution >= 0.6 is 11.8 Å². The first-order valence-electron chi connectivity index (χ1n) is 11.3. The molecular weight excluding hydrogens is 450 g/mol. The summed E-state index contributed by atoms with van der Waals surface area (Å²) >= 11 is 1.49. The van der Waals surface area contributed by atoms with E-state index in [1.54, 1.807) is 13.1 Å². The van der Waals surface area contributed by atoms with E-state index < -0.39 is 5.60 Å². The SMILES string of the molecule is CNC(=O)c1ccccc1Sc1ccc2c(c1)NC(=O)C2=C1C=C(N2CCOCC2)C(C)(C)O1. The Balaban J connectivity index is 1.47. The second-order valence-electron chi connectivity index (χ2n) is 8.82. The zero-order chi connectivity index (χ0) is 23.9.